The van der Waals surface area contributed by atoms with Gasteiger partial charge in [-0.05, 0) is 43.0 Å². The molecule has 5 nitrogen and oxygen atoms in total. The lowest BCUT2D eigenvalue weighted by Crippen LogP contribution is -2.41. The zero-order valence-corrected chi connectivity index (χ0v) is 13.0. The van der Waals surface area contributed by atoms with Crippen LogP contribution in [-0.4, -0.2) is 35.6 Å². The number of likely N-dealkylation sites (tertiary alicyclic amines) is 1. The quantitative estimate of drug-likeness (QED) is 0.839. The molecule has 1 aliphatic heterocycles. The van der Waals surface area contributed by atoms with Crippen molar-refractivity contribution in [3.8, 4) is 5.75 Å². The average molecular weight is 307 g/mol. The van der Waals surface area contributed by atoms with Gasteiger partial charge in [-0.3, -0.25) is 0 Å². The summed E-state index contributed by atoms with van der Waals surface area (Å²) in [6.07, 6.45) is 2.26. The van der Waals surface area contributed by atoms with E-state index in [0.29, 0.717) is 16.7 Å². The number of thiocarbonyl (C=S) groups is 1. The predicted molar refractivity (Wildman–Crippen MR) is 87.7 cm³/mol. The summed E-state index contributed by atoms with van der Waals surface area (Å²) in [6.45, 7) is 4.03. The lowest BCUT2D eigenvalue weighted by atomic mass is 10.0. The van der Waals surface area contributed by atoms with Crippen molar-refractivity contribution in [2.75, 3.05) is 25.0 Å². The molecule has 3 N–H and O–H groups in total. The second-order valence-corrected chi connectivity index (χ2v) is 5.93. The van der Waals surface area contributed by atoms with Crippen molar-refractivity contribution in [2.45, 2.75) is 19.8 Å². The van der Waals surface area contributed by atoms with Crippen molar-refractivity contribution in [3.05, 3.63) is 24.3 Å². The number of urea groups is 1. The number of rotatable bonds is 4. The molecule has 1 atom stereocenters. The predicted octanol–water partition coefficient (Wildman–Crippen LogP) is 2.62. The lowest BCUT2D eigenvalue weighted by Gasteiger charge is -2.30. The van der Waals surface area contributed by atoms with E-state index in [1.54, 1.807) is 24.3 Å². The molecule has 1 aliphatic rings. The number of anilines is 1. The van der Waals surface area contributed by atoms with Crippen LogP contribution in [0.3, 0.4) is 0 Å². The Kier molecular flexibility index (Phi) is 5.38. The van der Waals surface area contributed by atoms with Crippen LogP contribution < -0.4 is 15.8 Å². The van der Waals surface area contributed by atoms with Gasteiger partial charge in [0.05, 0.1) is 0 Å². The van der Waals surface area contributed by atoms with Crippen molar-refractivity contribution < 1.29 is 9.53 Å². The highest BCUT2D eigenvalue weighted by molar-refractivity contribution is 7.80. The number of ether oxygens (including phenoxy) is 1. The van der Waals surface area contributed by atoms with Gasteiger partial charge in [-0.2, -0.15) is 0 Å². The highest BCUT2D eigenvalue weighted by atomic mass is 32.1. The van der Waals surface area contributed by atoms with Crippen LogP contribution in [0.25, 0.3) is 0 Å². The monoisotopic (exact) mass is 307 g/mol. The molecule has 0 bridgehead atoms. The fourth-order valence-corrected chi connectivity index (χ4v) is 2.42. The first-order chi connectivity index (χ1) is 10.0. The fourth-order valence-electron chi connectivity index (χ4n) is 2.37. The van der Waals surface area contributed by atoms with Crippen molar-refractivity contribution >= 4 is 28.9 Å². The van der Waals surface area contributed by atoms with Gasteiger partial charge in [0.2, 0.25) is 0 Å². The fraction of sp³-hybridized carbons (Fsp3) is 0.467. The van der Waals surface area contributed by atoms with Crippen LogP contribution in [0.2, 0.25) is 0 Å². The first kappa shape index (κ1) is 15.6. The van der Waals surface area contributed by atoms with Gasteiger partial charge in [-0.15, -0.1) is 0 Å². The SMILES string of the molecule is CC1CCCN(C(=O)Nc2ccc(OCC(N)=S)cc2)C1. The molecule has 0 saturated carbocycles. The van der Waals surface area contributed by atoms with Gasteiger partial charge in [0.25, 0.3) is 0 Å². The van der Waals surface area contributed by atoms with Crippen LogP contribution in [0.5, 0.6) is 5.75 Å². The van der Waals surface area contributed by atoms with Crippen LogP contribution in [-0.2, 0) is 0 Å². The number of benzene rings is 1. The number of hydrogen-bond acceptors (Lipinski definition) is 3. The molecule has 0 radical (unpaired) electrons. The second-order valence-electron chi connectivity index (χ2n) is 5.40. The number of hydrogen-bond donors (Lipinski definition) is 2. The number of carbonyl (C=O) groups is 1. The number of amides is 2. The first-order valence-corrected chi connectivity index (χ1v) is 7.52. The highest BCUT2D eigenvalue weighted by Gasteiger charge is 2.20. The Balaban J connectivity index is 1.87. The van der Waals surface area contributed by atoms with Gasteiger partial charge in [0.15, 0.2) is 0 Å². The van der Waals surface area contributed by atoms with E-state index in [1.807, 2.05) is 4.90 Å². The third-order valence-electron chi connectivity index (χ3n) is 3.43. The largest absolute Gasteiger partial charge is 0.487 e. The molecule has 0 spiro atoms. The van der Waals surface area contributed by atoms with E-state index in [0.717, 1.165) is 25.2 Å². The lowest BCUT2D eigenvalue weighted by molar-refractivity contribution is 0.182. The molecule has 2 amide bonds. The van der Waals surface area contributed by atoms with Gasteiger partial charge in [-0.1, -0.05) is 19.1 Å². The first-order valence-electron chi connectivity index (χ1n) is 7.11. The molecular weight excluding hydrogens is 286 g/mol. The minimum absolute atomic E-state index is 0.0432. The van der Waals surface area contributed by atoms with Gasteiger partial charge in [0.1, 0.15) is 17.3 Å². The maximum atomic E-state index is 12.2. The van der Waals surface area contributed by atoms with Crippen molar-refractivity contribution in [3.63, 3.8) is 0 Å². The van der Waals surface area contributed by atoms with E-state index in [4.69, 9.17) is 22.7 Å². The van der Waals surface area contributed by atoms with E-state index in [2.05, 4.69) is 12.2 Å². The van der Waals surface area contributed by atoms with E-state index in [9.17, 15) is 4.79 Å². The second kappa shape index (κ2) is 7.26. The molecular formula is C15H21N3O2S. The molecule has 114 valence electrons. The molecule has 21 heavy (non-hydrogen) atoms. The molecule has 1 aromatic rings. The van der Waals surface area contributed by atoms with Crippen LogP contribution in [0.1, 0.15) is 19.8 Å². The van der Waals surface area contributed by atoms with Crippen molar-refractivity contribution in [2.24, 2.45) is 11.7 Å². The Morgan fingerprint density at radius 1 is 1.48 bits per heavy atom. The summed E-state index contributed by atoms with van der Waals surface area (Å²) in [5.74, 6) is 1.24. The van der Waals surface area contributed by atoms with E-state index < -0.39 is 0 Å². The number of nitrogens with zero attached hydrogens (tertiary/aromatic N) is 1. The summed E-state index contributed by atoms with van der Waals surface area (Å²) >= 11 is 4.75. The molecule has 1 heterocycles. The summed E-state index contributed by atoms with van der Waals surface area (Å²) in [6, 6.07) is 7.14. The Bertz CT molecular complexity index is 504. The van der Waals surface area contributed by atoms with E-state index in [1.165, 1.54) is 6.42 Å². The van der Waals surface area contributed by atoms with Crippen molar-refractivity contribution in [1.29, 1.82) is 0 Å². The molecule has 1 fully saturated rings. The van der Waals surface area contributed by atoms with Crippen LogP contribution in [0, 0.1) is 5.92 Å². The van der Waals surface area contributed by atoms with Crippen molar-refractivity contribution in [1.82, 2.24) is 4.90 Å². The summed E-state index contributed by atoms with van der Waals surface area (Å²) < 4.78 is 5.37. The maximum absolute atomic E-state index is 12.2. The molecule has 1 aromatic carbocycles. The Morgan fingerprint density at radius 2 is 2.19 bits per heavy atom. The average Bonchev–Trinajstić information content (AvgIpc) is 2.46. The summed E-state index contributed by atoms with van der Waals surface area (Å²) in [5.41, 5.74) is 6.12. The zero-order chi connectivity index (χ0) is 15.2. The third kappa shape index (κ3) is 4.90. The topological polar surface area (TPSA) is 67.6 Å². The maximum Gasteiger partial charge on any atom is 0.321 e. The van der Waals surface area contributed by atoms with Crippen LogP contribution >= 0.6 is 12.2 Å². The van der Waals surface area contributed by atoms with Gasteiger partial charge < -0.3 is 20.7 Å². The van der Waals surface area contributed by atoms with Gasteiger partial charge in [-0.25, -0.2) is 4.79 Å². The smallest absolute Gasteiger partial charge is 0.321 e. The number of piperidine rings is 1. The molecule has 2 rings (SSSR count). The van der Waals surface area contributed by atoms with Gasteiger partial charge >= 0.3 is 6.03 Å². The summed E-state index contributed by atoms with van der Waals surface area (Å²) in [5, 5.41) is 2.91. The van der Waals surface area contributed by atoms with Gasteiger partial charge in [0, 0.05) is 18.8 Å². The van der Waals surface area contributed by atoms with Crippen LogP contribution in [0.4, 0.5) is 10.5 Å². The van der Waals surface area contributed by atoms with E-state index >= 15 is 0 Å². The summed E-state index contributed by atoms with van der Waals surface area (Å²) in [4.78, 5) is 14.3. The standard InChI is InChI=1S/C15H21N3O2S/c1-11-3-2-8-18(9-11)15(19)17-12-4-6-13(7-5-12)20-10-14(16)21/h4-7,11H,2-3,8-10H2,1H3,(H2,16,21)(H,17,19). The Labute approximate surface area is 130 Å². The molecule has 0 aliphatic carbocycles. The molecule has 0 aromatic heterocycles. The highest BCUT2D eigenvalue weighted by Crippen LogP contribution is 2.19. The minimum atomic E-state index is -0.0432. The number of nitrogens with two attached hydrogens (primary N) is 1. The van der Waals surface area contributed by atoms with E-state index in [-0.39, 0.29) is 12.6 Å². The number of carbonyl (C=O) groups excluding carboxylic acids is 1. The molecule has 6 heteroatoms. The summed E-state index contributed by atoms with van der Waals surface area (Å²) in [7, 11) is 0. The minimum Gasteiger partial charge on any atom is -0.487 e. The molecule has 1 saturated heterocycles. The third-order valence-corrected chi connectivity index (χ3v) is 3.55. The van der Waals surface area contributed by atoms with Crippen LogP contribution in [0.15, 0.2) is 24.3 Å². The zero-order valence-electron chi connectivity index (χ0n) is 12.2. The molecule has 1 unspecified atom stereocenters. The normalized spacial score (nSPS) is 18.1. The Hall–Kier alpha value is -1.82. The number of nitrogens with one attached hydrogen (secondary N) is 1. The Morgan fingerprint density at radius 3 is 2.81 bits per heavy atom.